The van der Waals surface area contributed by atoms with Gasteiger partial charge in [-0.1, -0.05) is 6.92 Å². The van der Waals surface area contributed by atoms with Crippen LogP contribution in [-0.4, -0.2) is 68.5 Å². The van der Waals surface area contributed by atoms with E-state index in [0.717, 1.165) is 4.31 Å². The lowest BCUT2D eigenvalue weighted by Gasteiger charge is -2.20. The fraction of sp³-hybridized carbons (Fsp3) is 0.400. The highest BCUT2D eigenvalue weighted by molar-refractivity contribution is 7.89. The van der Waals surface area contributed by atoms with Gasteiger partial charge in [-0.3, -0.25) is 4.79 Å². The van der Waals surface area contributed by atoms with E-state index in [0.29, 0.717) is 30.5 Å². The molecule has 1 aliphatic heterocycles. The highest BCUT2D eigenvalue weighted by Crippen LogP contribution is 2.32. The maximum atomic E-state index is 13.1. The summed E-state index contributed by atoms with van der Waals surface area (Å²) < 4.78 is 48.2. The molecule has 0 spiro atoms. The van der Waals surface area contributed by atoms with E-state index in [1.54, 1.807) is 0 Å². The second-order valence-corrected chi connectivity index (χ2v) is 9.27. The predicted octanol–water partition coefficient (Wildman–Crippen LogP) is 1.93. The van der Waals surface area contributed by atoms with E-state index in [2.05, 4.69) is 9.97 Å². The van der Waals surface area contributed by atoms with Gasteiger partial charge in [0.05, 0.1) is 36.6 Å². The first-order chi connectivity index (χ1) is 15.3. The zero-order valence-corrected chi connectivity index (χ0v) is 18.4. The molecular formula is C20H23N3O8S. The quantitative estimate of drug-likeness (QED) is 0.505. The Morgan fingerprint density at radius 3 is 2.75 bits per heavy atom. The van der Waals surface area contributed by atoms with E-state index in [1.807, 2.05) is 6.92 Å². The highest BCUT2D eigenvalue weighted by Gasteiger charge is 2.27. The molecule has 0 amide bonds. The van der Waals surface area contributed by atoms with Crippen LogP contribution in [0, 0.1) is 0 Å². The molecule has 3 aromatic rings. The van der Waals surface area contributed by atoms with Crippen molar-refractivity contribution in [2.45, 2.75) is 24.5 Å². The molecule has 4 rings (SSSR count). The van der Waals surface area contributed by atoms with Crippen molar-refractivity contribution in [3.63, 3.8) is 0 Å². The number of pyridine rings is 1. The molecule has 12 heteroatoms. The third-order valence-electron chi connectivity index (χ3n) is 5.00. The third kappa shape index (κ3) is 4.21. The summed E-state index contributed by atoms with van der Waals surface area (Å²) in [7, 11) is -2.46. The molecule has 3 heterocycles. The smallest absolute Gasteiger partial charge is 0.434 e. The van der Waals surface area contributed by atoms with Crippen LogP contribution in [0.5, 0.6) is 5.75 Å². The lowest BCUT2D eigenvalue weighted by molar-refractivity contribution is -0.0482. The molecule has 172 valence electrons. The molecule has 2 aromatic heterocycles. The Kier molecular flexibility index (Phi) is 6.20. The molecule has 11 nitrogen and oxygen atoms in total. The number of nitrogens with one attached hydrogen (secondary N) is 2. The first-order valence-electron chi connectivity index (χ1n) is 10.0. The van der Waals surface area contributed by atoms with Crippen molar-refractivity contribution in [2.24, 2.45) is 0 Å². The summed E-state index contributed by atoms with van der Waals surface area (Å²) in [6, 6.07) is 4.31. The number of carbonyl (C=O) groups is 1. The van der Waals surface area contributed by atoms with Crippen molar-refractivity contribution in [1.82, 2.24) is 14.3 Å². The molecular weight excluding hydrogens is 442 g/mol. The van der Waals surface area contributed by atoms with Crippen LogP contribution in [-0.2, 0) is 24.2 Å². The largest absolute Gasteiger partial charge is 0.513 e. The summed E-state index contributed by atoms with van der Waals surface area (Å²) in [5.74, 6) is 0.0628. The van der Waals surface area contributed by atoms with Gasteiger partial charge in [0.15, 0.2) is 12.0 Å². The third-order valence-corrected chi connectivity index (χ3v) is 6.82. The van der Waals surface area contributed by atoms with Gasteiger partial charge in [-0.25, -0.2) is 13.2 Å². The highest BCUT2D eigenvalue weighted by atomic mass is 32.2. The van der Waals surface area contributed by atoms with Crippen LogP contribution in [0.25, 0.3) is 21.8 Å². The fourth-order valence-electron chi connectivity index (χ4n) is 3.42. The minimum atomic E-state index is -3.89. The van der Waals surface area contributed by atoms with Gasteiger partial charge >= 0.3 is 6.16 Å². The van der Waals surface area contributed by atoms with Crippen LogP contribution >= 0.6 is 0 Å². The Bertz CT molecular complexity index is 1310. The van der Waals surface area contributed by atoms with E-state index in [4.69, 9.17) is 18.9 Å². The van der Waals surface area contributed by atoms with E-state index in [-0.39, 0.29) is 34.7 Å². The lowest BCUT2D eigenvalue weighted by Crippen LogP contribution is -2.34. The normalized spacial score (nSPS) is 15.1. The van der Waals surface area contributed by atoms with Gasteiger partial charge in [-0.2, -0.15) is 4.31 Å². The number of likely N-dealkylation sites (N-methyl/N-ethyl adjacent to an activating group) is 1. The SMILES string of the molecule is CCCOC(=O)Oc1c[nH]c2c(=O)[nH]c3ccc(S(=O)(=O)N(C)CC4OCCO4)cc3c12. The second-order valence-electron chi connectivity index (χ2n) is 7.22. The van der Waals surface area contributed by atoms with Crippen molar-refractivity contribution in [2.75, 3.05) is 33.4 Å². The van der Waals surface area contributed by atoms with Gasteiger partial charge < -0.3 is 28.9 Å². The van der Waals surface area contributed by atoms with Crippen molar-refractivity contribution in [1.29, 1.82) is 0 Å². The Hall–Kier alpha value is -2.93. The number of hydrogen-bond acceptors (Lipinski definition) is 8. The van der Waals surface area contributed by atoms with Gasteiger partial charge in [-0.15, -0.1) is 0 Å². The van der Waals surface area contributed by atoms with Gasteiger partial charge in [0, 0.05) is 24.1 Å². The van der Waals surface area contributed by atoms with Gasteiger partial charge in [-0.05, 0) is 24.6 Å². The minimum absolute atomic E-state index is 0.000412. The number of aromatic nitrogens is 2. The van der Waals surface area contributed by atoms with Crippen molar-refractivity contribution < 1.29 is 32.2 Å². The van der Waals surface area contributed by atoms with E-state index in [9.17, 15) is 18.0 Å². The predicted molar refractivity (Wildman–Crippen MR) is 114 cm³/mol. The number of ether oxygens (including phenoxy) is 4. The number of benzene rings is 1. The molecule has 0 bridgehead atoms. The average molecular weight is 465 g/mol. The monoisotopic (exact) mass is 465 g/mol. The molecule has 32 heavy (non-hydrogen) atoms. The van der Waals surface area contributed by atoms with Crippen molar-refractivity contribution >= 4 is 38.0 Å². The number of sulfonamides is 1. The van der Waals surface area contributed by atoms with Crippen molar-refractivity contribution in [3.05, 3.63) is 34.7 Å². The molecule has 0 saturated carbocycles. The summed E-state index contributed by atoms with van der Waals surface area (Å²) in [6.07, 6.45) is 0.435. The lowest BCUT2D eigenvalue weighted by atomic mass is 10.1. The first-order valence-corrected chi connectivity index (χ1v) is 11.5. The molecule has 0 radical (unpaired) electrons. The summed E-state index contributed by atoms with van der Waals surface area (Å²) in [4.78, 5) is 29.8. The number of H-pyrrole nitrogens is 2. The Morgan fingerprint density at radius 1 is 1.28 bits per heavy atom. The second kappa shape index (κ2) is 8.90. The number of nitrogens with zero attached hydrogens (tertiary/aromatic N) is 1. The zero-order valence-electron chi connectivity index (χ0n) is 17.5. The Labute approximate surface area is 183 Å². The van der Waals surface area contributed by atoms with Crippen LogP contribution in [0.3, 0.4) is 0 Å². The van der Waals surface area contributed by atoms with Gasteiger partial charge in [0.2, 0.25) is 10.0 Å². The molecule has 0 aliphatic carbocycles. The zero-order chi connectivity index (χ0) is 22.9. The molecule has 1 saturated heterocycles. The maximum Gasteiger partial charge on any atom is 0.513 e. The Balaban J connectivity index is 1.75. The molecule has 0 unspecified atom stereocenters. The number of carbonyl (C=O) groups excluding carboxylic acids is 1. The van der Waals surface area contributed by atoms with E-state index >= 15 is 0 Å². The number of fused-ring (bicyclic) bond motifs is 3. The summed E-state index contributed by atoms with van der Waals surface area (Å²) in [5, 5.41) is 0.668. The number of hydrogen-bond donors (Lipinski definition) is 2. The molecule has 1 aromatic carbocycles. The van der Waals surface area contributed by atoms with Crippen LogP contribution in [0.15, 0.2) is 34.1 Å². The van der Waals surface area contributed by atoms with Crippen LogP contribution < -0.4 is 10.3 Å². The molecule has 0 atom stereocenters. The van der Waals surface area contributed by atoms with Crippen LogP contribution in [0.1, 0.15) is 13.3 Å². The molecule has 2 N–H and O–H groups in total. The topological polar surface area (TPSA) is 140 Å². The summed E-state index contributed by atoms with van der Waals surface area (Å²) >= 11 is 0. The minimum Gasteiger partial charge on any atom is -0.434 e. The molecule has 1 fully saturated rings. The van der Waals surface area contributed by atoms with E-state index in [1.165, 1.54) is 31.4 Å². The number of rotatable bonds is 7. The van der Waals surface area contributed by atoms with Crippen molar-refractivity contribution in [3.8, 4) is 5.75 Å². The standard InChI is InChI=1S/C20H23N3O8S/c1-3-6-30-20(25)31-15-10-21-18-17(15)13-9-12(4-5-14(13)22-19(18)24)32(26,27)23(2)11-16-28-7-8-29-16/h4-5,9-10,16,21H,3,6-8,11H2,1-2H3,(H,22,24). The van der Waals surface area contributed by atoms with E-state index < -0.39 is 28.0 Å². The van der Waals surface area contributed by atoms with Crippen LogP contribution in [0.2, 0.25) is 0 Å². The summed E-state index contributed by atoms with van der Waals surface area (Å²) in [6.45, 7) is 2.89. The van der Waals surface area contributed by atoms with Gasteiger partial charge in [0.1, 0.15) is 5.52 Å². The molecule has 1 aliphatic rings. The summed E-state index contributed by atoms with van der Waals surface area (Å²) in [5.41, 5.74) is 0.0944. The maximum absolute atomic E-state index is 13.1. The first kappa shape index (κ1) is 22.3. The number of aromatic amines is 2. The van der Waals surface area contributed by atoms with Gasteiger partial charge in [0.25, 0.3) is 5.56 Å². The fourth-order valence-corrected chi connectivity index (χ4v) is 4.61. The average Bonchev–Trinajstić information content (AvgIpc) is 3.42. The van der Waals surface area contributed by atoms with Crippen LogP contribution in [0.4, 0.5) is 4.79 Å². The Morgan fingerprint density at radius 2 is 2.03 bits per heavy atom.